The Bertz CT molecular complexity index is 1000. The number of rotatable bonds is 1. The maximum Gasteiger partial charge on any atom is 0.257 e. The molecular formula is C23H27N3O2S. The molecule has 5 nitrogen and oxygen atoms in total. The molecule has 152 valence electrons. The number of amides is 1. The number of likely N-dealkylation sites (tertiary alicyclic amines) is 1. The number of hydrogen-bond acceptors (Lipinski definition) is 3. The van der Waals surface area contributed by atoms with Crippen molar-refractivity contribution >= 4 is 23.2 Å². The molecule has 2 aromatic rings. The number of nitrogens with one attached hydrogen (secondary N) is 1. The van der Waals surface area contributed by atoms with Crippen LogP contribution < -0.4 is 10.9 Å². The van der Waals surface area contributed by atoms with Crippen LogP contribution in [-0.2, 0) is 12.0 Å². The third-order valence-corrected chi connectivity index (χ3v) is 6.36. The van der Waals surface area contributed by atoms with Gasteiger partial charge in [-0.1, -0.05) is 39.0 Å². The molecule has 0 saturated carbocycles. The van der Waals surface area contributed by atoms with Crippen molar-refractivity contribution in [1.29, 1.82) is 0 Å². The van der Waals surface area contributed by atoms with Gasteiger partial charge in [0.05, 0.1) is 0 Å². The van der Waals surface area contributed by atoms with Crippen molar-refractivity contribution in [3.05, 3.63) is 69.6 Å². The third-order valence-electron chi connectivity index (χ3n) is 6.00. The Morgan fingerprint density at radius 3 is 2.48 bits per heavy atom. The van der Waals surface area contributed by atoms with E-state index < -0.39 is 0 Å². The molecule has 2 bridgehead atoms. The van der Waals surface area contributed by atoms with Gasteiger partial charge in [-0.25, -0.2) is 0 Å². The molecule has 2 aliphatic heterocycles. The lowest BCUT2D eigenvalue weighted by atomic mass is 9.83. The third kappa shape index (κ3) is 3.99. The van der Waals surface area contributed by atoms with Crippen molar-refractivity contribution in [1.82, 2.24) is 14.8 Å². The summed E-state index contributed by atoms with van der Waals surface area (Å²) in [6.07, 6.45) is 1.06. The van der Waals surface area contributed by atoms with Crippen LogP contribution in [0.3, 0.4) is 0 Å². The molecule has 0 unspecified atom stereocenters. The molecule has 2 atom stereocenters. The van der Waals surface area contributed by atoms with Crippen molar-refractivity contribution in [2.24, 2.45) is 5.92 Å². The summed E-state index contributed by atoms with van der Waals surface area (Å²) < 4.78 is 1.90. The number of thiocarbonyl (C=S) groups is 1. The Hall–Kier alpha value is -2.47. The number of carbonyl (C=O) groups is 1. The summed E-state index contributed by atoms with van der Waals surface area (Å²) in [5, 5.41) is 3.37. The van der Waals surface area contributed by atoms with Crippen molar-refractivity contribution in [2.75, 3.05) is 13.1 Å². The van der Waals surface area contributed by atoms with E-state index in [1.165, 1.54) is 5.56 Å². The number of pyridine rings is 1. The monoisotopic (exact) mass is 409 g/mol. The number of carbonyl (C=O) groups excluding carboxylic acids is 1. The average Bonchev–Trinajstić information content (AvgIpc) is 2.68. The molecule has 1 saturated heterocycles. The van der Waals surface area contributed by atoms with E-state index in [-0.39, 0.29) is 22.8 Å². The molecule has 4 rings (SSSR count). The first-order chi connectivity index (χ1) is 13.7. The van der Waals surface area contributed by atoms with Crippen molar-refractivity contribution in [3.63, 3.8) is 0 Å². The number of fused-ring (bicyclic) bond motifs is 4. The highest BCUT2D eigenvalue weighted by atomic mass is 32.1. The summed E-state index contributed by atoms with van der Waals surface area (Å²) >= 11 is 5.56. The smallest absolute Gasteiger partial charge is 0.257 e. The number of aromatic nitrogens is 1. The van der Waals surface area contributed by atoms with Gasteiger partial charge in [-0.15, -0.1) is 0 Å². The molecule has 1 fully saturated rings. The van der Waals surface area contributed by atoms with Gasteiger partial charge in [-0.05, 0) is 53.7 Å². The van der Waals surface area contributed by atoms with Crippen LogP contribution in [0.15, 0.2) is 47.3 Å². The highest BCUT2D eigenvalue weighted by Gasteiger charge is 2.35. The summed E-state index contributed by atoms with van der Waals surface area (Å²) in [6.45, 7) is 8.65. The Morgan fingerprint density at radius 1 is 1.07 bits per heavy atom. The molecule has 0 radical (unpaired) electrons. The molecule has 6 heteroatoms. The predicted octanol–water partition coefficient (Wildman–Crippen LogP) is 3.28. The zero-order valence-corrected chi connectivity index (χ0v) is 18.0. The second kappa shape index (κ2) is 7.41. The second-order valence-corrected chi connectivity index (χ2v) is 9.58. The molecule has 1 amide bonds. The lowest BCUT2D eigenvalue weighted by Gasteiger charge is -2.43. The van der Waals surface area contributed by atoms with Gasteiger partial charge in [-0.3, -0.25) is 14.9 Å². The fourth-order valence-electron chi connectivity index (χ4n) is 4.43. The van der Waals surface area contributed by atoms with E-state index in [0.29, 0.717) is 23.1 Å². The zero-order valence-electron chi connectivity index (χ0n) is 17.1. The van der Waals surface area contributed by atoms with Crippen molar-refractivity contribution in [3.8, 4) is 0 Å². The zero-order chi connectivity index (χ0) is 20.8. The topological polar surface area (TPSA) is 54.3 Å². The van der Waals surface area contributed by atoms with E-state index in [0.717, 1.165) is 25.2 Å². The maximum atomic E-state index is 12.7. The van der Waals surface area contributed by atoms with E-state index in [1.54, 1.807) is 6.07 Å². The molecule has 3 heterocycles. The molecule has 0 aliphatic carbocycles. The van der Waals surface area contributed by atoms with Gasteiger partial charge in [0.2, 0.25) is 0 Å². The minimum Gasteiger partial charge on any atom is -0.348 e. The van der Waals surface area contributed by atoms with Crippen LogP contribution in [0.25, 0.3) is 0 Å². The van der Waals surface area contributed by atoms with Crippen LogP contribution in [0.5, 0.6) is 0 Å². The summed E-state index contributed by atoms with van der Waals surface area (Å²) in [5.41, 5.74) is 2.99. The lowest BCUT2D eigenvalue weighted by molar-refractivity contribution is 0.0968. The predicted molar refractivity (Wildman–Crippen MR) is 118 cm³/mol. The number of benzene rings is 1. The van der Waals surface area contributed by atoms with Crippen LogP contribution in [0.4, 0.5) is 0 Å². The molecule has 1 aromatic carbocycles. The van der Waals surface area contributed by atoms with E-state index in [4.69, 9.17) is 12.2 Å². The Balaban J connectivity index is 1.44. The highest BCUT2D eigenvalue weighted by Crippen LogP contribution is 2.34. The lowest BCUT2D eigenvalue weighted by Crippen LogP contribution is -2.52. The van der Waals surface area contributed by atoms with Gasteiger partial charge < -0.3 is 9.47 Å². The summed E-state index contributed by atoms with van der Waals surface area (Å²) in [5.74, 6) is 0.447. The Kier molecular flexibility index (Phi) is 5.07. The van der Waals surface area contributed by atoms with Crippen LogP contribution in [0, 0.1) is 5.92 Å². The van der Waals surface area contributed by atoms with Crippen LogP contribution in [0.1, 0.15) is 54.7 Å². The summed E-state index contributed by atoms with van der Waals surface area (Å²) in [6, 6.07) is 13.2. The normalized spacial score (nSPS) is 20.7. The van der Waals surface area contributed by atoms with Gasteiger partial charge in [0.25, 0.3) is 11.5 Å². The molecule has 29 heavy (non-hydrogen) atoms. The van der Waals surface area contributed by atoms with Crippen molar-refractivity contribution in [2.45, 2.75) is 45.1 Å². The van der Waals surface area contributed by atoms with Crippen molar-refractivity contribution < 1.29 is 4.79 Å². The fourth-order valence-corrected chi connectivity index (χ4v) is 4.67. The minimum atomic E-state index is -0.178. The van der Waals surface area contributed by atoms with Gasteiger partial charge in [-0.2, -0.15) is 0 Å². The number of hydrogen-bond donors (Lipinski definition) is 1. The van der Waals surface area contributed by atoms with Gasteiger partial charge in [0, 0.05) is 42.9 Å². The van der Waals surface area contributed by atoms with E-state index >= 15 is 0 Å². The minimum absolute atomic E-state index is 0.0498. The summed E-state index contributed by atoms with van der Waals surface area (Å²) in [4.78, 5) is 26.9. The highest BCUT2D eigenvalue weighted by molar-refractivity contribution is 7.80. The average molecular weight is 410 g/mol. The second-order valence-electron chi connectivity index (χ2n) is 9.19. The Labute approximate surface area is 176 Å². The Morgan fingerprint density at radius 2 is 1.79 bits per heavy atom. The molecule has 2 aliphatic rings. The first-order valence-corrected chi connectivity index (χ1v) is 10.5. The number of nitrogens with zero attached hydrogens (tertiary/aromatic N) is 2. The molecule has 1 N–H and O–H groups in total. The quantitative estimate of drug-likeness (QED) is 0.735. The van der Waals surface area contributed by atoms with Crippen LogP contribution >= 0.6 is 12.2 Å². The van der Waals surface area contributed by atoms with E-state index in [9.17, 15) is 9.59 Å². The molecule has 0 spiro atoms. The van der Waals surface area contributed by atoms with Crippen LogP contribution in [-0.4, -0.2) is 33.6 Å². The SMILES string of the molecule is CC(C)(C)c1ccc(C(=O)NC(=S)N2C[C@@H]3C[C@H](C2)c2cccc(=O)n2C3)cc1. The first kappa shape index (κ1) is 19.8. The van der Waals surface area contributed by atoms with Gasteiger partial charge >= 0.3 is 0 Å². The largest absolute Gasteiger partial charge is 0.348 e. The van der Waals surface area contributed by atoms with E-state index in [2.05, 4.69) is 31.0 Å². The van der Waals surface area contributed by atoms with Gasteiger partial charge in [0.15, 0.2) is 5.11 Å². The first-order valence-electron chi connectivity index (χ1n) is 10.1. The van der Waals surface area contributed by atoms with E-state index in [1.807, 2.05) is 41.0 Å². The molecular weight excluding hydrogens is 382 g/mol. The summed E-state index contributed by atoms with van der Waals surface area (Å²) in [7, 11) is 0. The van der Waals surface area contributed by atoms with Gasteiger partial charge in [0.1, 0.15) is 0 Å². The maximum absolute atomic E-state index is 12.7. The van der Waals surface area contributed by atoms with Crippen LogP contribution in [0.2, 0.25) is 0 Å². The number of piperidine rings is 1. The standard InChI is InChI=1S/C23H27N3O2S/c1-23(2,3)18-9-7-16(8-10-18)21(28)24-22(29)25-12-15-11-17(14-25)19-5-4-6-20(27)26(19)13-15/h4-10,15,17H,11-14H2,1-3H3,(H,24,28,29)/t15-,17+/m0/s1. The fraction of sp³-hybridized carbons (Fsp3) is 0.435. The molecule has 1 aromatic heterocycles.